The van der Waals surface area contributed by atoms with E-state index in [1.54, 1.807) is 27.9 Å². The number of nitrogens with one attached hydrogen (secondary N) is 2. The van der Waals surface area contributed by atoms with Gasteiger partial charge in [-0.3, -0.25) is 4.79 Å². The molecule has 1 aromatic carbocycles. The molecule has 0 aromatic heterocycles. The van der Waals surface area contributed by atoms with Crippen LogP contribution in [0.1, 0.15) is 40.2 Å². The Morgan fingerprint density at radius 1 is 1.12 bits per heavy atom. The third-order valence-corrected chi connectivity index (χ3v) is 3.49. The monoisotopic (exact) mass is 350 g/mol. The first kappa shape index (κ1) is 20.8. The van der Waals surface area contributed by atoms with Crippen LogP contribution in [0.4, 0.5) is 4.79 Å². The van der Waals surface area contributed by atoms with E-state index in [0.29, 0.717) is 13.0 Å². The zero-order valence-electron chi connectivity index (χ0n) is 16.0. The smallest absolute Gasteiger partial charge is 0.408 e. The van der Waals surface area contributed by atoms with Crippen LogP contribution in [-0.4, -0.2) is 37.3 Å². The lowest BCUT2D eigenvalue weighted by molar-refractivity contribution is -0.124. The van der Waals surface area contributed by atoms with E-state index < -0.39 is 17.7 Å². The predicted molar refractivity (Wildman–Crippen MR) is 97.7 cm³/mol. The fraction of sp³-hybridized carbons (Fsp3) is 0.579. The number of rotatable bonds is 7. The lowest BCUT2D eigenvalue weighted by Gasteiger charge is -2.25. The van der Waals surface area contributed by atoms with Gasteiger partial charge in [-0.1, -0.05) is 26.0 Å². The van der Waals surface area contributed by atoms with Gasteiger partial charge < -0.3 is 20.1 Å². The molecule has 0 fully saturated rings. The molecule has 1 aromatic rings. The Balaban J connectivity index is 2.51. The molecular formula is C19H30N2O4. The molecule has 25 heavy (non-hydrogen) atoms. The lowest BCUT2D eigenvalue weighted by Crippen LogP contribution is -2.51. The molecule has 0 saturated heterocycles. The Morgan fingerprint density at radius 3 is 2.20 bits per heavy atom. The van der Waals surface area contributed by atoms with E-state index in [-0.39, 0.29) is 11.8 Å². The van der Waals surface area contributed by atoms with E-state index in [2.05, 4.69) is 10.6 Å². The molecule has 0 aliphatic carbocycles. The Kier molecular flexibility index (Phi) is 7.74. The predicted octanol–water partition coefficient (Wildman–Crippen LogP) is 2.90. The van der Waals surface area contributed by atoms with Crippen molar-refractivity contribution in [3.8, 4) is 5.75 Å². The van der Waals surface area contributed by atoms with Crippen LogP contribution in [0.25, 0.3) is 0 Å². The average Bonchev–Trinajstić information content (AvgIpc) is 2.51. The molecule has 0 bridgehead atoms. The molecule has 2 N–H and O–H groups in total. The van der Waals surface area contributed by atoms with Crippen LogP contribution in [0.3, 0.4) is 0 Å². The largest absolute Gasteiger partial charge is 0.497 e. The van der Waals surface area contributed by atoms with Crippen molar-refractivity contribution in [1.82, 2.24) is 10.6 Å². The first-order valence-corrected chi connectivity index (χ1v) is 8.52. The van der Waals surface area contributed by atoms with E-state index in [1.807, 2.05) is 38.1 Å². The maximum atomic E-state index is 12.4. The van der Waals surface area contributed by atoms with Crippen LogP contribution in [0, 0.1) is 5.92 Å². The molecule has 6 heteroatoms. The van der Waals surface area contributed by atoms with Crippen LogP contribution in [0.15, 0.2) is 24.3 Å². The second-order valence-corrected chi connectivity index (χ2v) is 7.26. The summed E-state index contributed by atoms with van der Waals surface area (Å²) in [6.07, 6.45) is 0.115. The number of benzene rings is 1. The highest BCUT2D eigenvalue weighted by Gasteiger charge is 2.26. The number of alkyl carbamates (subject to hydrolysis) is 1. The van der Waals surface area contributed by atoms with Crippen LogP contribution < -0.4 is 15.4 Å². The molecule has 0 spiro atoms. The molecule has 140 valence electrons. The summed E-state index contributed by atoms with van der Waals surface area (Å²) in [4.78, 5) is 24.3. The van der Waals surface area contributed by atoms with Gasteiger partial charge in [0.15, 0.2) is 0 Å². The normalized spacial score (nSPS) is 12.4. The minimum Gasteiger partial charge on any atom is -0.497 e. The van der Waals surface area contributed by atoms with Gasteiger partial charge in [0.25, 0.3) is 0 Å². The molecule has 0 aliphatic rings. The molecule has 0 radical (unpaired) electrons. The SMILES string of the molecule is COc1ccc(CCNC(=O)C(NC(=O)OC(C)(C)C)C(C)C)cc1. The molecule has 0 saturated carbocycles. The highest BCUT2D eigenvalue weighted by molar-refractivity contribution is 5.85. The zero-order valence-corrected chi connectivity index (χ0v) is 16.0. The number of ether oxygens (including phenoxy) is 2. The Bertz CT molecular complexity index is 562. The van der Waals surface area contributed by atoms with Crippen molar-refractivity contribution in [2.75, 3.05) is 13.7 Å². The first-order chi connectivity index (χ1) is 11.6. The molecule has 1 rings (SSSR count). The fourth-order valence-corrected chi connectivity index (χ4v) is 2.20. The molecule has 2 amide bonds. The maximum Gasteiger partial charge on any atom is 0.408 e. The molecule has 1 atom stereocenters. The number of hydrogen-bond donors (Lipinski definition) is 2. The van der Waals surface area contributed by atoms with E-state index in [1.165, 1.54) is 0 Å². The highest BCUT2D eigenvalue weighted by Crippen LogP contribution is 2.12. The van der Waals surface area contributed by atoms with Crippen LogP contribution >= 0.6 is 0 Å². The summed E-state index contributed by atoms with van der Waals surface area (Å²) in [5.74, 6) is 0.539. The summed E-state index contributed by atoms with van der Waals surface area (Å²) in [5, 5.41) is 5.52. The van der Waals surface area contributed by atoms with Crippen molar-refractivity contribution in [3.05, 3.63) is 29.8 Å². The van der Waals surface area contributed by atoms with Crippen molar-refractivity contribution >= 4 is 12.0 Å². The van der Waals surface area contributed by atoms with Crippen LogP contribution in [0.5, 0.6) is 5.75 Å². The third kappa shape index (κ3) is 7.92. The summed E-state index contributed by atoms with van der Waals surface area (Å²) in [7, 11) is 1.62. The van der Waals surface area contributed by atoms with Crippen molar-refractivity contribution in [2.45, 2.75) is 52.7 Å². The molecular weight excluding hydrogens is 320 g/mol. The molecule has 6 nitrogen and oxygen atoms in total. The van der Waals surface area contributed by atoms with Crippen molar-refractivity contribution in [3.63, 3.8) is 0 Å². The Hall–Kier alpha value is -2.24. The maximum absolute atomic E-state index is 12.4. The van der Waals surface area contributed by atoms with Gasteiger partial charge in [-0.25, -0.2) is 4.79 Å². The van der Waals surface area contributed by atoms with Crippen LogP contribution in [-0.2, 0) is 16.0 Å². The van der Waals surface area contributed by atoms with Gasteiger partial charge >= 0.3 is 6.09 Å². The van der Waals surface area contributed by atoms with Crippen molar-refractivity contribution < 1.29 is 19.1 Å². The minimum atomic E-state index is -0.634. The number of methoxy groups -OCH3 is 1. The van der Waals surface area contributed by atoms with Gasteiger partial charge in [-0.15, -0.1) is 0 Å². The lowest BCUT2D eigenvalue weighted by atomic mass is 10.0. The standard InChI is InChI=1S/C19H30N2O4/c1-13(2)16(21-18(23)25-19(3,4)5)17(22)20-12-11-14-7-9-15(24-6)10-8-14/h7-10,13,16H,11-12H2,1-6H3,(H,20,22)(H,21,23). The summed E-state index contributed by atoms with van der Waals surface area (Å²) in [5.41, 5.74) is 0.499. The number of carbonyl (C=O) groups excluding carboxylic acids is 2. The molecule has 0 aliphatic heterocycles. The Morgan fingerprint density at radius 2 is 1.72 bits per heavy atom. The third-order valence-electron chi connectivity index (χ3n) is 3.49. The van der Waals surface area contributed by atoms with Crippen LogP contribution in [0.2, 0.25) is 0 Å². The highest BCUT2D eigenvalue weighted by atomic mass is 16.6. The summed E-state index contributed by atoms with van der Waals surface area (Å²) in [6.45, 7) is 9.60. The van der Waals surface area contributed by atoms with Gasteiger partial charge in [-0.05, 0) is 50.8 Å². The van der Waals surface area contributed by atoms with Gasteiger partial charge in [0.2, 0.25) is 5.91 Å². The number of hydrogen-bond acceptors (Lipinski definition) is 4. The van der Waals surface area contributed by atoms with E-state index >= 15 is 0 Å². The van der Waals surface area contributed by atoms with E-state index in [4.69, 9.17) is 9.47 Å². The zero-order chi connectivity index (χ0) is 19.0. The summed E-state index contributed by atoms with van der Waals surface area (Å²) < 4.78 is 10.3. The second-order valence-electron chi connectivity index (χ2n) is 7.26. The quantitative estimate of drug-likeness (QED) is 0.793. The van der Waals surface area contributed by atoms with Gasteiger partial charge in [0, 0.05) is 6.54 Å². The fourth-order valence-electron chi connectivity index (χ4n) is 2.20. The summed E-state index contributed by atoms with van der Waals surface area (Å²) >= 11 is 0. The van der Waals surface area contributed by atoms with Crippen molar-refractivity contribution in [1.29, 1.82) is 0 Å². The second kappa shape index (κ2) is 9.30. The van der Waals surface area contributed by atoms with Gasteiger partial charge in [0.05, 0.1) is 7.11 Å². The topological polar surface area (TPSA) is 76.7 Å². The number of carbonyl (C=O) groups is 2. The van der Waals surface area contributed by atoms with Gasteiger partial charge in [0.1, 0.15) is 17.4 Å². The average molecular weight is 350 g/mol. The summed E-state index contributed by atoms with van der Waals surface area (Å²) in [6, 6.07) is 7.06. The van der Waals surface area contributed by atoms with Crippen molar-refractivity contribution in [2.24, 2.45) is 5.92 Å². The molecule has 0 heterocycles. The number of amides is 2. The van der Waals surface area contributed by atoms with E-state index in [0.717, 1.165) is 11.3 Å². The van der Waals surface area contributed by atoms with E-state index in [9.17, 15) is 9.59 Å². The molecule has 1 unspecified atom stereocenters. The minimum absolute atomic E-state index is 0.0477. The van der Waals surface area contributed by atoms with Gasteiger partial charge in [-0.2, -0.15) is 0 Å². The Labute approximate surface area is 150 Å². The first-order valence-electron chi connectivity index (χ1n) is 8.52.